The second-order valence-electron chi connectivity index (χ2n) is 6.49. The molecule has 0 spiro atoms. The summed E-state index contributed by atoms with van der Waals surface area (Å²) in [5.74, 6) is -0.558. The fourth-order valence-electron chi connectivity index (χ4n) is 3.00. The first-order chi connectivity index (χ1) is 13.9. The maximum atomic E-state index is 12.3. The lowest BCUT2D eigenvalue weighted by atomic mass is 10.2. The Balaban J connectivity index is 1.40. The van der Waals surface area contributed by atoms with Crippen LogP contribution in [0.25, 0.3) is 0 Å². The summed E-state index contributed by atoms with van der Waals surface area (Å²) in [4.78, 5) is 28.2. The van der Waals surface area contributed by atoms with Crippen LogP contribution in [-0.2, 0) is 14.3 Å². The van der Waals surface area contributed by atoms with Crippen LogP contribution in [0.15, 0.2) is 42.5 Å². The van der Waals surface area contributed by atoms with Crippen LogP contribution in [0.5, 0.6) is 0 Å². The molecule has 0 bridgehead atoms. The van der Waals surface area contributed by atoms with Gasteiger partial charge in [-0.3, -0.25) is 9.59 Å². The second-order valence-corrected chi connectivity index (χ2v) is 7.71. The minimum Gasteiger partial charge on any atom is -0.368 e. The molecule has 3 rings (SSSR count). The Morgan fingerprint density at radius 2 is 1.69 bits per heavy atom. The normalized spacial score (nSPS) is 14.0. The van der Waals surface area contributed by atoms with E-state index in [9.17, 15) is 9.59 Å². The molecule has 1 heterocycles. The molecule has 9 heteroatoms. The van der Waals surface area contributed by atoms with Crippen molar-refractivity contribution in [2.75, 3.05) is 49.6 Å². The molecule has 154 valence electrons. The summed E-state index contributed by atoms with van der Waals surface area (Å²) in [5, 5.41) is 3.90. The van der Waals surface area contributed by atoms with Gasteiger partial charge in [-0.05, 0) is 30.3 Å². The number of carbonyl (C=O) groups is 2. The van der Waals surface area contributed by atoms with Crippen LogP contribution in [-0.4, -0.2) is 56.1 Å². The van der Waals surface area contributed by atoms with E-state index in [1.807, 2.05) is 24.3 Å². The first-order valence-corrected chi connectivity index (χ1v) is 10.2. The van der Waals surface area contributed by atoms with Gasteiger partial charge >= 0.3 is 0 Å². The van der Waals surface area contributed by atoms with E-state index in [1.54, 1.807) is 23.1 Å². The summed E-state index contributed by atoms with van der Waals surface area (Å²) < 4.78 is 5.27. The van der Waals surface area contributed by atoms with Crippen LogP contribution < -0.4 is 10.2 Å². The summed E-state index contributed by atoms with van der Waals surface area (Å²) in [6.07, 6.45) is 0. The number of rotatable bonds is 6. The van der Waals surface area contributed by atoms with Crippen molar-refractivity contribution in [3.8, 4) is 0 Å². The minimum atomic E-state index is -0.409. The van der Waals surface area contributed by atoms with E-state index < -0.39 is 5.91 Å². The molecule has 29 heavy (non-hydrogen) atoms. The molecule has 0 saturated carbocycles. The lowest BCUT2D eigenvalue weighted by Gasteiger charge is -2.36. The zero-order chi connectivity index (χ0) is 20.8. The first-order valence-electron chi connectivity index (χ1n) is 9.04. The van der Waals surface area contributed by atoms with Crippen LogP contribution in [0, 0.1) is 0 Å². The number of nitrogens with zero attached hydrogens (tertiary/aromatic N) is 2. The van der Waals surface area contributed by atoms with Crippen molar-refractivity contribution in [2.45, 2.75) is 0 Å². The highest BCUT2D eigenvalue weighted by atomic mass is 35.5. The third kappa shape index (κ3) is 6.00. The molecule has 1 fully saturated rings. The molecule has 1 aliphatic rings. The van der Waals surface area contributed by atoms with Gasteiger partial charge in [0.15, 0.2) is 0 Å². The zero-order valence-electron chi connectivity index (χ0n) is 15.5. The molecule has 0 aromatic heterocycles. The van der Waals surface area contributed by atoms with Crippen molar-refractivity contribution in [3.63, 3.8) is 0 Å². The predicted octanol–water partition coefficient (Wildman–Crippen LogP) is 3.95. The van der Waals surface area contributed by atoms with Crippen molar-refractivity contribution >= 4 is 58.0 Å². The Kier molecular flexibility index (Phi) is 7.61. The van der Waals surface area contributed by atoms with E-state index in [4.69, 9.17) is 39.5 Å². The number of anilines is 2. The highest BCUT2D eigenvalue weighted by Gasteiger charge is 2.21. The first kappa shape index (κ1) is 21.7. The number of carbonyl (C=O) groups excluding carboxylic acids is 2. The number of hydrogen-bond acceptors (Lipinski definition) is 4. The highest BCUT2D eigenvalue weighted by Crippen LogP contribution is 2.29. The number of piperazine rings is 1. The van der Waals surface area contributed by atoms with Crippen LogP contribution >= 0.6 is 34.8 Å². The van der Waals surface area contributed by atoms with Gasteiger partial charge in [0.1, 0.15) is 13.2 Å². The molecule has 0 aliphatic carbocycles. The van der Waals surface area contributed by atoms with Gasteiger partial charge in [0, 0.05) is 36.9 Å². The predicted molar refractivity (Wildman–Crippen MR) is 116 cm³/mol. The van der Waals surface area contributed by atoms with Gasteiger partial charge in [-0.1, -0.05) is 46.9 Å². The third-order valence-electron chi connectivity index (χ3n) is 4.49. The Hall–Kier alpha value is -1.99. The molecule has 2 amide bonds. The topological polar surface area (TPSA) is 61.9 Å². The maximum absolute atomic E-state index is 12.3. The number of nitrogens with one attached hydrogen (secondary N) is 1. The number of halogens is 3. The Bertz CT molecular complexity index is 886. The fraction of sp³-hybridized carbons (Fsp3) is 0.300. The standard InChI is InChI=1S/C20H20Cl3N3O3/c21-14-3-1-4-15(11-14)25-7-9-26(10-8-25)19(28)13-29-12-18(27)24-17-6-2-5-16(22)20(17)23/h1-6,11H,7-10,12-13H2,(H,24,27). The summed E-state index contributed by atoms with van der Waals surface area (Å²) in [6, 6.07) is 12.6. The largest absolute Gasteiger partial charge is 0.368 e. The molecule has 1 aliphatic heterocycles. The van der Waals surface area contributed by atoms with Gasteiger partial charge in [-0.25, -0.2) is 0 Å². The van der Waals surface area contributed by atoms with Gasteiger partial charge in [-0.15, -0.1) is 0 Å². The molecule has 1 saturated heterocycles. The van der Waals surface area contributed by atoms with E-state index in [-0.39, 0.29) is 24.1 Å². The van der Waals surface area contributed by atoms with Crippen LogP contribution in [0.3, 0.4) is 0 Å². The Morgan fingerprint density at radius 3 is 2.41 bits per heavy atom. The molecule has 0 radical (unpaired) electrons. The highest BCUT2D eigenvalue weighted by molar-refractivity contribution is 6.44. The number of benzene rings is 2. The quantitative estimate of drug-likeness (QED) is 0.715. The maximum Gasteiger partial charge on any atom is 0.250 e. The molecule has 0 unspecified atom stereocenters. The zero-order valence-corrected chi connectivity index (χ0v) is 17.8. The second kappa shape index (κ2) is 10.2. The third-order valence-corrected chi connectivity index (χ3v) is 5.54. The van der Waals surface area contributed by atoms with Gasteiger partial charge in [-0.2, -0.15) is 0 Å². The smallest absolute Gasteiger partial charge is 0.250 e. The van der Waals surface area contributed by atoms with E-state index in [2.05, 4.69) is 10.2 Å². The van der Waals surface area contributed by atoms with Crippen molar-refractivity contribution in [2.24, 2.45) is 0 Å². The molecule has 0 atom stereocenters. The van der Waals surface area contributed by atoms with Crippen molar-refractivity contribution in [3.05, 3.63) is 57.5 Å². The van der Waals surface area contributed by atoms with E-state index in [0.29, 0.717) is 41.9 Å². The van der Waals surface area contributed by atoms with E-state index in [1.165, 1.54) is 0 Å². The van der Waals surface area contributed by atoms with Crippen molar-refractivity contribution in [1.29, 1.82) is 0 Å². The van der Waals surface area contributed by atoms with Crippen LogP contribution in [0.4, 0.5) is 11.4 Å². The lowest BCUT2D eigenvalue weighted by Crippen LogP contribution is -2.49. The average Bonchev–Trinajstić information content (AvgIpc) is 2.71. The van der Waals surface area contributed by atoms with Gasteiger partial charge in [0.25, 0.3) is 0 Å². The van der Waals surface area contributed by atoms with Gasteiger partial charge in [0.2, 0.25) is 11.8 Å². The molecule has 2 aromatic carbocycles. The van der Waals surface area contributed by atoms with E-state index >= 15 is 0 Å². The molecular weight excluding hydrogens is 437 g/mol. The van der Waals surface area contributed by atoms with Gasteiger partial charge < -0.3 is 19.9 Å². The number of hydrogen-bond donors (Lipinski definition) is 1. The van der Waals surface area contributed by atoms with Gasteiger partial charge in [0.05, 0.1) is 15.7 Å². The van der Waals surface area contributed by atoms with E-state index in [0.717, 1.165) is 5.69 Å². The van der Waals surface area contributed by atoms with Crippen LogP contribution in [0.2, 0.25) is 15.1 Å². The molecule has 1 N–H and O–H groups in total. The summed E-state index contributed by atoms with van der Waals surface area (Å²) >= 11 is 18.0. The Morgan fingerprint density at radius 1 is 0.966 bits per heavy atom. The van der Waals surface area contributed by atoms with Crippen LogP contribution in [0.1, 0.15) is 0 Å². The van der Waals surface area contributed by atoms with Crippen molar-refractivity contribution < 1.29 is 14.3 Å². The molecular formula is C20H20Cl3N3O3. The fourth-order valence-corrected chi connectivity index (χ4v) is 3.53. The minimum absolute atomic E-state index is 0.149. The molecule has 6 nitrogen and oxygen atoms in total. The average molecular weight is 457 g/mol. The Labute approximate surface area is 184 Å². The molecule has 2 aromatic rings. The summed E-state index contributed by atoms with van der Waals surface area (Å²) in [5.41, 5.74) is 1.44. The summed E-state index contributed by atoms with van der Waals surface area (Å²) in [6.45, 7) is 2.17. The summed E-state index contributed by atoms with van der Waals surface area (Å²) in [7, 11) is 0. The number of ether oxygens (including phenoxy) is 1. The lowest BCUT2D eigenvalue weighted by molar-refractivity contribution is -0.137. The number of amides is 2. The monoisotopic (exact) mass is 455 g/mol. The SMILES string of the molecule is O=C(COCC(=O)N1CCN(c2cccc(Cl)c2)CC1)Nc1cccc(Cl)c1Cl. The van der Waals surface area contributed by atoms with Crippen molar-refractivity contribution in [1.82, 2.24) is 4.90 Å².